The van der Waals surface area contributed by atoms with Gasteiger partial charge in [-0.3, -0.25) is 14.4 Å². The quantitative estimate of drug-likeness (QED) is 0.530. The van der Waals surface area contributed by atoms with Gasteiger partial charge in [0.2, 0.25) is 0 Å². The Labute approximate surface area is 224 Å². The Balaban J connectivity index is 1.40. The van der Waals surface area contributed by atoms with Gasteiger partial charge in [-0.15, -0.1) is 11.8 Å². The molecule has 0 unspecified atom stereocenters. The lowest BCUT2D eigenvalue weighted by molar-refractivity contribution is -0.247. The summed E-state index contributed by atoms with van der Waals surface area (Å²) in [5.41, 5.74) is -6.23. The Kier molecular flexibility index (Phi) is 5.74. The topological polar surface area (TPSA) is 99.1 Å². The molecule has 6 aliphatic rings. The normalized spacial score (nSPS) is 50.6. The summed E-state index contributed by atoms with van der Waals surface area (Å²) in [5.74, 6) is -3.60. The lowest BCUT2D eigenvalue weighted by Gasteiger charge is -2.63. The molecule has 0 bridgehead atoms. The molecule has 0 spiro atoms. The Hall–Kier alpha value is -1.62. The molecule has 2 heterocycles. The summed E-state index contributed by atoms with van der Waals surface area (Å²) in [6.07, 6.45) is 0.484. The number of aliphatic hydroxyl groups excluding tert-OH is 1. The summed E-state index contributed by atoms with van der Waals surface area (Å²) in [6, 6.07) is 0. The lowest BCUT2D eigenvalue weighted by atomic mass is 9.44. The van der Waals surface area contributed by atoms with Gasteiger partial charge in [0.25, 0.3) is 0 Å². The molecule has 0 aromatic rings. The number of allylic oxidation sites excluding steroid dienone is 4. The second kappa shape index (κ2) is 8.21. The molecule has 0 aromatic carbocycles. The third-order valence-corrected chi connectivity index (χ3v) is 11.6. The van der Waals surface area contributed by atoms with Crippen molar-refractivity contribution in [2.24, 2.45) is 22.7 Å². The van der Waals surface area contributed by atoms with E-state index in [1.54, 1.807) is 20.8 Å². The molecule has 5 fully saturated rings. The number of halogens is 2. The Morgan fingerprint density at radius 2 is 1.92 bits per heavy atom. The van der Waals surface area contributed by atoms with Gasteiger partial charge in [-0.05, 0) is 63.7 Å². The molecule has 2 aliphatic heterocycles. The predicted octanol–water partition coefficient (Wildman–Crippen LogP) is 3.42. The number of thioether (sulfide) groups is 1. The zero-order chi connectivity index (χ0) is 27.5. The van der Waals surface area contributed by atoms with Crippen LogP contribution in [-0.4, -0.2) is 75.7 Å². The summed E-state index contributed by atoms with van der Waals surface area (Å²) < 4.78 is 50.9. The average Bonchev–Trinajstić information content (AvgIpc) is 3.44. The number of carbonyl (C=O) groups is 3. The predicted molar refractivity (Wildman–Crippen MR) is 134 cm³/mol. The van der Waals surface area contributed by atoms with E-state index in [0.29, 0.717) is 13.0 Å². The zero-order valence-electron chi connectivity index (χ0n) is 22.0. The maximum Gasteiger partial charge on any atom is 0.319 e. The number of hydrogen-bond acceptors (Lipinski definition) is 8. The van der Waals surface area contributed by atoms with Crippen molar-refractivity contribution < 1.29 is 42.5 Å². The third kappa shape index (κ3) is 3.20. The first kappa shape index (κ1) is 26.6. The van der Waals surface area contributed by atoms with E-state index in [9.17, 15) is 19.5 Å². The van der Waals surface area contributed by atoms with Gasteiger partial charge in [-0.2, -0.15) is 0 Å². The molecular formula is C28H34F2O7S. The fraction of sp³-hybridized carbons (Fsp3) is 0.750. The number of ether oxygens (including phenoxy) is 3. The molecule has 0 aromatic heterocycles. The van der Waals surface area contributed by atoms with Crippen LogP contribution in [0.4, 0.5) is 8.78 Å². The summed E-state index contributed by atoms with van der Waals surface area (Å²) in [6.45, 7) is 7.14. The molecule has 208 valence electrons. The fourth-order valence-electron chi connectivity index (χ4n) is 8.71. The SMILES string of the molecule is CC1(C)O[C@@H]2C[C@H]3[C@@H]4C[C@H](F)C5=CC(=O)C=C[C@]5(C)[C@@]4(F)[C@@H](O)C[C@]3(C)[C@]2(C(=O)CS[C@@H]2CCOC2=O)O1. The summed E-state index contributed by atoms with van der Waals surface area (Å²) in [5, 5.41) is 11.2. The second-order valence-corrected chi connectivity index (χ2v) is 13.8. The van der Waals surface area contributed by atoms with Crippen LogP contribution in [0.1, 0.15) is 53.4 Å². The number of alkyl halides is 2. The summed E-state index contributed by atoms with van der Waals surface area (Å²) in [7, 11) is 0. The minimum atomic E-state index is -2.25. The van der Waals surface area contributed by atoms with Crippen molar-refractivity contribution >= 4 is 29.3 Å². The number of carbonyl (C=O) groups excluding carboxylic acids is 3. The lowest BCUT2D eigenvalue weighted by Crippen LogP contribution is -2.71. The number of esters is 1. The Morgan fingerprint density at radius 3 is 2.61 bits per heavy atom. The van der Waals surface area contributed by atoms with E-state index in [1.807, 2.05) is 6.92 Å². The van der Waals surface area contributed by atoms with E-state index in [-0.39, 0.29) is 42.3 Å². The molecule has 2 saturated heterocycles. The van der Waals surface area contributed by atoms with Crippen molar-refractivity contribution in [3.05, 3.63) is 23.8 Å². The van der Waals surface area contributed by atoms with Crippen molar-refractivity contribution in [3.8, 4) is 0 Å². The minimum absolute atomic E-state index is 0.0271. The minimum Gasteiger partial charge on any atom is -0.465 e. The number of ketones is 2. The Morgan fingerprint density at radius 1 is 1.18 bits per heavy atom. The molecule has 38 heavy (non-hydrogen) atoms. The monoisotopic (exact) mass is 552 g/mol. The molecule has 6 rings (SSSR count). The highest BCUT2D eigenvalue weighted by Gasteiger charge is 2.80. The largest absolute Gasteiger partial charge is 0.465 e. The first-order valence-corrected chi connectivity index (χ1v) is 14.4. The number of aliphatic hydroxyl groups is 1. The van der Waals surface area contributed by atoms with Gasteiger partial charge in [0, 0.05) is 23.2 Å². The van der Waals surface area contributed by atoms with E-state index in [2.05, 4.69) is 0 Å². The molecule has 0 radical (unpaired) electrons. The van der Waals surface area contributed by atoms with Crippen molar-refractivity contribution in [2.75, 3.05) is 12.4 Å². The van der Waals surface area contributed by atoms with Crippen LogP contribution < -0.4 is 0 Å². The zero-order valence-corrected chi connectivity index (χ0v) is 22.8. The van der Waals surface area contributed by atoms with Gasteiger partial charge < -0.3 is 19.3 Å². The number of fused-ring (bicyclic) bond motifs is 7. The molecule has 10 atom stereocenters. The van der Waals surface area contributed by atoms with E-state index < -0.39 is 69.1 Å². The highest BCUT2D eigenvalue weighted by atomic mass is 32.2. The van der Waals surface area contributed by atoms with E-state index >= 15 is 8.78 Å². The average molecular weight is 553 g/mol. The molecule has 10 heteroatoms. The van der Waals surface area contributed by atoms with Crippen molar-refractivity contribution in [1.82, 2.24) is 0 Å². The first-order valence-electron chi connectivity index (χ1n) is 13.4. The molecule has 4 aliphatic carbocycles. The summed E-state index contributed by atoms with van der Waals surface area (Å²) in [4.78, 5) is 38.2. The van der Waals surface area contributed by atoms with Crippen LogP contribution in [0.15, 0.2) is 23.8 Å². The van der Waals surface area contributed by atoms with Gasteiger partial charge in [0.15, 0.2) is 28.6 Å². The van der Waals surface area contributed by atoms with Crippen LogP contribution in [0.3, 0.4) is 0 Å². The molecule has 3 saturated carbocycles. The van der Waals surface area contributed by atoms with Crippen molar-refractivity contribution in [1.29, 1.82) is 0 Å². The van der Waals surface area contributed by atoms with Crippen LogP contribution in [0, 0.1) is 22.7 Å². The summed E-state index contributed by atoms with van der Waals surface area (Å²) >= 11 is 1.20. The first-order chi connectivity index (χ1) is 17.7. The van der Waals surface area contributed by atoms with Gasteiger partial charge in [0.1, 0.15) is 11.4 Å². The van der Waals surface area contributed by atoms with E-state index in [1.165, 1.54) is 23.9 Å². The van der Waals surface area contributed by atoms with Crippen LogP contribution in [-0.2, 0) is 28.6 Å². The number of cyclic esters (lactones) is 1. The highest BCUT2D eigenvalue weighted by molar-refractivity contribution is 8.01. The van der Waals surface area contributed by atoms with Gasteiger partial charge in [-0.1, -0.05) is 13.0 Å². The maximum absolute atomic E-state index is 17.4. The second-order valence-electron chi connectivity index (χ2n) is 12.6. The van der Waals surface area contributed by atoms with Crippen LogP contribution >= 0.6 is 11.8 Å². The van der Waals surface area contributed by atoms with Crippen LogP contribution in [0.2, 0.25) is 0 Å². The van der Waals surface area contributed by atoms with Gasteiger partial charge >= 0.3 is 5.97 Å². The van der Waals surface area contributed by atoms with Crippen LogP contribution in [0.5, 0.6) is 0 Å². The smallest absolute Gasteiger partial charge is 0.319 e. The van der Waals surface area contributed by atoms with Crippen molar-refractivity contribution in [3.63, 3.8) is 0 Å². The van der Waals surface area contributed by atoms with Crippen molar-refractivity contribution in [2.45, 2.75) is 94.1 Å². The Bertz CT molecular complexity index is 1170. The molecular weight excluding hydrogens is 518 g/mol. The third-order valence-electron chi connectivity index (χ3n) is 10.3. The highest BCUT2D eigenvalue weighted by Crippen LogP contribution is 2.72. The van der Waals surface area contributed by atoms with E-state index in [4.69, 9.17) is 14.2 Å². The number of Topliss-reactive ketones (excluding diaryl/α,β-unsaturated/α-hetero) is 1. The fourth-order valence-corrected chi connectivity index (χ4v) is 9.75. The van der Waals surface area contributed by atoms with E-state index in [0.717, 1.165) is 6.08 Å². The molecule has 1 N–H and O–H groups in total. The standard InChI is InChI=1S/C28H34F2O7S/c1-24(2)36-22-11-15-16-10-18(29)17-9-14(31)5-7-25(17,3)27(16,30)20(32)12-26(15,4)28(22,37-24)21(33)13-38-19-6-8-35-23(19)34/h5,7,9,15-16,18-20,22,32H,6,8,10-13H2,1-4H3/t15-,16-,18-,19+,20-,22+,25-,26-,27-,28+/m0/s1. The maximum atomic E-state index is 17.4. The van der Waals surface area contributed by atoms with Gasteiger partial charge in [-0.25, -0.2) is 8.78 Å². The molecule has 7 nitrogen and oxygen atoms in total. The number of rotatable bonds is 4. The molecule has 0 amide bonds. The van der Waals surface area contributed by atoms with Gasteiger partial charge in [0.05, 0.1) is 24.6 Å². The van der Waals surface area contributed by atoms with Crippen LogP contribution in [0.25, 0.3) is 0 Å². The number of hydrogen-bond donors (Lipinski definition) is 1.